The number of thiocarbonyl (C=S) groups is 1. The van der Waals surface area contributed by atoms with Crippen molar-refractivity contribution in [3.05, 3.63) is 93.0 Å². The van der Waals surface area contributed by atoms with E-state index in [2.05, 4.69) is 21.0 Å². The Hall–Kier alpha value is -3.20. The number of benzene rings is 3. The van der Waals surface area contributed by atoms with Crippen molar-refractivity contribution in [3.8, 4) is 28.3 Å². The summed E-state index contributed by atoms with van der Waals surface area (Å²) in [6, 6.07) is 16.9. The molecule has 0 aliphatic heterocycles. The molecule has 0 amide bonds. The van der Waals surface area contributed by atoms with Crippen molar-refractivity contribution >= 4 is 46.5 Å². The molecule has 0 atom stereocenters. The molecule has 0 fully saturated rings. The molecule has 5 rings (SSSR count). The molecule has 38 heavy (non-hydrogen) atoms. The molecule has 0 N–H and O–H groups in total. The van der Waals surface area contributed by atoms with Crippen LogP contribution in [0.4, 0.5) is 13.2 Å². The van der Waals surface area contributed by atoms with Crippen LogP contribution < -0.4 is 4.74 Å². The van der Waals surface area contributed by atoms with Gasteiger partial charge in [-0.25, -0.2) is 0 Å². The van der Waals surface area contributed by atoms with Crippen molar-refractivity contribution in [2.24, 2.45) is 4.99 Å². The Balaban J connectivity index is 1.28. The average Bonchev–Trinajstić information content (AvgIpc) is 3.30. The second-order valence-electron chi connectivity index (χ2n) is 8.71. The average molecular weight is 575 g/mol. The Morgan fingerprint density at radius 3 is 2.50 bits per heavy atom. The zero-order valence-corrected chi connectivity index (χ0v) is 22.0. The summed E-state index contributed by atoms with van der Waals surface area (Å²) in [6.07, 6.45) is -1.03. The van der Waals surface area contributed by atoms with E-state index in [4.69, 9.17) is 39.9 Å². The number of alkyl halides is 3. The smallest absolute Gasteiger partial charge is 0.406 e. The van der Waals surface area contributed by atoms with Gasteiger partial charge in [-0.15, -0.1) is 13.2 Å². The lowest BCUT2D eigenvalue weighted by molar-refractivity contribution is -0.274. The maximum Gasteiger partial charge on any atom is 0.573 e. The van der Waals surface area contributed by atoms with E-state index in [0.29, 0.717) is 40.8 Å². The maximum atomic E-state index is 12.4. The second-order valence-corrected chi connectivity index (χ2v) is 10.1. The summed E-state index contributed by atoms with van der Waals surface area (Å²) in [5.74, 6) is 0.254. The lowest BCUT2D eigenvalue weighted by Crippen LogP contribution is -2.16. The molecule has 0 saturated carbocycles. The third-order valence-electron chi connectivity index (χ3n) is 6.11. The van der Waals surface area contributed by atoms with Gasteiger partial charge in [0.05, 0.1) is 6.54 Å². The number of aliphatic imine (C=N–C) groups is 1. The van der Waals surface area contributed by atoms with Crippen LogP contribution in [0.3, 0.4) is 0 Å². The van der Waals surface area contributed by atoms with E-state index in [-0.39, 0.29) is 5.75 Å². The molecule has 3 aromatic carbocycles. The minimum Gasteiger partial charge on any atom is -0.406 e. The normalized spacial score (nSPS) is 12.9. The summed E-state index contributed by atoms with van der Waals surface area (Å²) in [4.78, 5) is 5.22. The minimum atomic E-state index is -4.74. The molecule has 1 heterocycles. The standard InChI is InChI=1S/C28H19Cl2F3N2O2S/c29-24-2-1-3-25(30)23(24)13-20(38)15-34-14-16-4-10-21-18(12-16)7-11-22-26(21)35-37-27(22)17-5-8-19(9-6-17)36-28(31,32)33/h1-6,8-10,12,14H,7,11,13,15H2. The Kier molecular flexibility index (Phi) is 7.56. The van der Waals surface area contributed by atoms with E-state index >= 15 is 0 Å². The first-order valence-electron chi connectivity index (χ1n) is 11.6. The zero-order valence-electron chi connectivity index (χ0n) is 19.7. The van der Waals surface area contributed by atoms with E-state index in [1.807, 2.05) is 12.1 Å². The van der Waals surface area contributed by atoms with Gasteiger partial charge in [-0.2, -0.15) is 0 Å². The van der Waals surface area contributed by atoms with Crippen LogP contribution in [0, 0.1) is 0 Å². The quantitative estimate of drug-likeness (QED) is 0.164. The summed E-state index contributed by atoms with van der Waals surface area (Å²) in [7, 11) is 0. The number of ether oxygens (including phenoxy) is 1. The summed E-state index contributed by atoms with van der Waals surface area (Å²) in [5.41, 5.74) is 6.10. The predicted octanol–water partition coefficient (Wildman–Crippen LogP) is 8.34. The number of rotatable bonds is 7. The first kappa shape index (κ1) is 26.4. The molecule has 4 aromatic rings. The van der Waals surface area contributed by atoms with Gasteiger partial charge < -0.3 is 9.26 Å². The molecule has 0 bridgehead atoms. The Bertz CT molecular complexity index is 1510. The van der Waals surface area contributed by atoms with Crippen molar-refractivity contribution in [3.63, 3.8) is 0 Å². The number of hydrogen-bond acceptors (Lipinski definition) is 5. The van der Waals surface area contributed by atoms with Gasteiger partial charge in [0, 0.05) is 44.2 Å². The van der Waals surface area contributed by atoms with Gasteiger partial charge in [-0.3, -0.25) is 4.99 Å². The fourth-order valence-electron chi connectivity index (χ4n) is 4.39. The third kappa shape index (κ3) is 5.93. The van der Waals surface area contributed by atoms with E-state index in [1.165, 1.54) is 24.3 Å². The number of aryl methyl sites for hydroxylation is 1. The van der Waals surface area contributed by atoms with Crippen molar-refractivity contribution < 1.29 is 22.4 Å². The second kappa shape index (κ2) is 10.9. The molecule has 10 heteroatoms. The highest BCUT2D eigenvalue weighted by atomic mass is 35.5. The lowest BCUT2D eigenvalue weighted by atomic mass is 9.87. The van der Waals surface area contributed by atoms with Gasteiger partial charge in [0.1, 0.15) is 11.4 Å². The van der Waals surface area contributed by atoms with Gasteiger partial charge in [0.25, 0.3) is 0 Å². The highest BCUT2D eigenvalue weighted by Crippen LogP contribution is 2.39. The van der Waals surface area contributed by atoms with Crippen LogP contribution in [0.1, 0.15) is 22.3 Å². The van der Waals surface area contributed by atoms with E-state index in [1.54, 1.807) is 24.4 Å². The van der Waals surface area contributed by atoms with Crippen LogP contribution in [-0.2, 0) is 19.3 Å². The molecule has 1 aliphatic carbocycles. The summed E-state index contributed by atoms with van der Waals surface area (Å²) < 4.78 is 46.9. The van der Waals surface area contributed by atoms with Crippen molar-refractivity contribution in [2.45, 2.75) is 25.6 Å². The summed E-state index contributed by atoms with van der Waals surface area (Å²) in [5, 5.41) is 5.44. The molecular weight excluding hydrogens is 556 g/mol. The number of halogens is 5. The number of hydrogen-bond donors (Lipinski definition) is 0. The summed E-state index contributed by atoms with van der Waals surface area (Å²) in [6.45, 7) is 0.373. The van der Waals surface area contributed by atoms with E-state index in [9.17, 15) is 13.2 Å². The van der Waals surface area contributed by atoms with Crippen molar-refractivity contribution in [1.82, 2.24) is 5.16 Å². The first-order valence-corrected chi connectivity index (χ1v) is 12.8. The Labute approximate surface area is 232 Å². The van der Waals surface area contributed by atoms with Crippen LogP contribution in [0.5, 0.6) is 5.75 Å². The minimum absolute atomic E-state index is 0.289. The monoisotopic (exact) mass is 574 g/mol. The number of nitrogens with zero attached hydrogens (tertiary/aromatic N) is 2. The lowest BCUT2D eigenvalue weighted by Gasteiger charge is -2.16. The third-order valence-corrected chi connectivity index (χ3v) is 7.09. The zero-order chi connectivity index (χ0) is 26.9. The summed E-state index contributed by atoms with van der Waals surface area (Å²) >= 11 is 17.9. The molecule has 0 spiro atoms. The largest absolute Gasteiger partial charge is 0.573 e. The van der Waals surface area contributed by atoms with E-state index in [0.717, 1.165) is 44.8 Å². The molecule has 0 saturated heterocycles. The van der Waals surface area contributed by atoms with E-state index < -0.39 is 6.36 Å². The molecular formula is C28H19Cl2F3N2O2S. The molecule has 4 nitrogen and oxygen atoms in total. The Morgan fingerprint density at radius 1 is 1.05 bits per heavy atom. The molecule has 0 radical (unpaired) electrons. The van der Waals surface area contributed by atoms with Crippen molar-refractivity contribution in [1.29, 1.82) is 0 Å². The van der Waals surface area contributed by atoms with Gasteiger partial charge in [-0.1, -0.05) is 58.8 Å². The fourth-order valence-corrected chi connectivity index (χ4v) is 5.14. The maximum absolute atomic E-state index is 12.4. The highest BCUT2D eigenvalue weighted by Gasteiger charge is 2.31. The van der Waals surface area contributed by atoms with Gasteiger partial charge in [-0.05, 0) is 72.0 Å². The topological polar surface area (TPSA) is 47.6 Å². The number of fused-ring (bicyclic) bond motifs is 3. The van der Waals surface area contributed by atoms with Gasteiger partial charge in [0.15, 0.2) is 5.76 Å². The molecule has 194 valence electrons. The SMILES string of the molecule is FC(F)(F)Oc1ccc(-c2onc3c2CCc2cc(C=NCC(=S)Cc4c(Cl)cccc4Cl)ccc2-3)cc1. The van der Waals surface area contributed by atoms with Gasteiger partial charge >= 0.3 is 6.36 Å². The van der Waals surface area contributed by atoms with Gasteiger partial charge in [0.2, 0.25) is 0 Å². The van der Waals surface area contributed by atoms with Crippen molar-refractivity contribution in [2.75, 3.05) is 6.54 Å². The highest BCUT2D eigenvalue weighted by molar-refractivity contribution is 7.80. The number of aromatic nitrogens is 1. The molecule has 0 unspecified atom stereocenters. The predicted molar refractivity (Wildman–Crippen MR) is 147 cm³/mol. The van der Waals surface area contributed by atoms with Crippen LogP contribution in [-0.4, -0.2) is 29.1 Å². The Morgan fingerprint density at radius 2 is 1.79 bits per heavy atom. The van der Waals surface area contributed by atoms with Crippen LogP contribution in [0.25, 0.3) is 22.6 Å². The fraction of sp³-hybridized carbons (Fsp3) is 0.179. The van der Waals surface area contributed by atoms with Crippen LogP contribution in [0.2, 0.25) is 10.0 Å². The first-order chi connectivity index (χ1) is 18.2. The molecule has 1 aromatic heterocycles. The van der Waals surface area contributed by atoms with Crippen LogP contribution in [0.15, 0.2) is 70.2 Å². The molecule has 1 aliphatic rings. The van der Waals surface area contributed by atoms with Crippen LogP contribution >= 0.6 is 35.4 Å².